The van der Waals surface area contributed by atoms with Crippen molar-refractivity contribution in [3.63, 3.8) is 0 Å². The standard InChI is InChI=1S/C25H23ClFN5O2/c1-32(24-29-9-10-33-24)19-6-7-22-20(13-19)25(28,31-15-30-22)17-5-8-23(21(26)12-17)34-14-16-3-2-4-18(27)11-16/h2-8,11-13,15H,9-10,14,28H2,1H3,(H,30,31). The number of nitrogens with zero attached hydrogens (tertiary/aromatic N) is 3. The maximum absolute atomic E-state index is 13.4. The van der Waals surface area contributed by atoms with Gasteiger partial charge in [-0.3, -0.25) is 10.6 Å². The number of nitrogens with two attached hydrogens (primary N) is 1. The highest BCUT2D eigenvalue weighted by Gasteiger charge is 2.34. The molecule has 2 aliphatic heterocycles. The molecule has 3 aromatic rings. The van der Waals surface area contributed by atoms with Crippen molar-refractivity contribution in [2.24, 2.45) is 15.7 Å². The van der Waals surface area contributed by atoms with E-state index < -0.39 is 5.66 Å². The lowest BCUT2D eigenvalue weighted by atomic mass is 9.89. The summed E-state index contributed by atoms with van der Waals surface area (Å²) in [5, 5.41) is 3.54. The molecule has 0 saturated heterocycles. The normalized spacial score (nSPS) is 18.5. The van der Waals surface area contributed by atoms with Crippen LogP contribution in [-0.4, -0.2) is 32.6 Å². The summed E-state index contributed by atoms with van der Waals surface area (Å²) in [7, 11) is 1.89. The van der Waals surface area contributed by atoms with Crippen LogP contribution in [0.4, 0.5) is 15.8 Å². The summed E-state index contributed by atoms with van der Waals surface area (Å²) in [6, 6.07) is 18.0. The maximum Gasteiger partial charge on any atom is 0.291 e. The van der Waals surface area contributed by atoms with Crippen LogP contribution in [0.5, 0.6) is 5.75 Å². The van der Waals surface area contributed by atoms with Crippen LogP contribution in [0.2, 0.25) is 5.02 Å². The largest absolute Gasteiger partial charge is 0.487 e. The topological polar surface area (TPSA) is 84.5 Å². The number of nitrogens with one attached hydrogen (secondary N) is 1. The molecule has 9 heteroatoms. The summed E-state index contributed by atoms with van der Waals surface area (Å²) in [4.78, 5) is 10.8. The number of ether oxygens (including phenoxy) is 2. The van der Waals surface area contributed by atoms with Crippen LogP contribution < -0.4 is 20.7 Å². The van der Waals surface area contributed by atoms with Gasteiger partial charge in [-0.25, -0.2) is 14.4 Å². The smallest absolute Gasteiger partial charge is 0.291 e. The summed E-state index contributed by atoms with van der Waals surface area (Å²) < 4.78 is 24.8. The molecule has 3 aromatic carbocycles. The Morgan fingerprint density at radius 3 is 2.85 bits per heavy atom. The second-order valence-electron chi connectivity index (χ2n) is 8.03. The fourth-order valence-corrected chi connectivity index (χ4v) is 4.20. The molecule has 2 heterocycles. The molecule has 0 bridgehead atoms. The Hall–Kier alpha value is -3.62. The van der Waals surface area contributed by atoms with E-state index in [0.29, 0.717) is 41.1 Å². The molecule has 1 unspecified atom stereocenters. The number of rotatable bonds is 5. The minimum atomic E-state index is -1.17. The Kier molecular flexibility index (Phi) is 5.85. The fraction of sp³-hybridized carbons (Fsp3) is 0.200. The van der Waals surface area contributed by atoms with Gasteiger partial charge in [0.05, 0.1) is 17.9 Å². The summed E-state index contributed by atoms with van der Waals surface area (Å²) >= 11 is 6.54. The molecule has 0 saturated carbocycles. The van der Waals surface area contributed by atoms with Gasteiger partial charge in [-0.05, 0) is 48.0 Å². The van der Waals surface area contributed by atoms with Gasteiger partial charge in [0.2, 0.25) is 0 Å². The lowest BCUT2D eigenvalue weighted by molar-refractivity contribution is 0.305. The van der Waals surface area contributed by atoms with Crippen molar-refractivity contribution < 1.29 is 13.9 Å². The van der Waals surface area contributed by atoms with Crippen LogP contribution in [0.15, 0.2) is 70.6 Å². The van der Waals surface area contributed by atoms with E-state index in [-0.39, 0.29) is 12.4 Å². The third-order valence-corrected chi connectivity index (χ3v) is 6.10. The molecule has 3 N–H and O–H groups in total. The second kappa shape index (κ2) is 8.96. The van der Waals surface area contributed by atoms with E-state index in [9.17, 15) is 4.39 Å². The molecule has 34 heavy (non-hydrogen) atoms. The van der Waals surface area contributed by atoms with Crippen molar-refractivity contribution in [1.29, 1.82) is 0 Å². The van der Waals surface area contributed by atoms with Crippen molar-refractivity contribution in [3.8, 4) is 5.75 Å². The molecular formula is C25H23ClFN5O2. The first kappa shape index (κ1) is 22.2. The van der Waals surface area contributed by atoms with Crippen molar-refractivity contribution >= 4 is 35.3 Å². The highest BCUT2D eigenvalue weighted by Crippen LogP contribution is 2.40. The van der Waals surface area contributed by atoms with E-state index in [1.54, 1.807) is 30.6 Å². The number of benzene rings is 3. The van der Waals surface area contributed by atoms with Gasteiger partial charge in [0.1, 0.15) is 24.8 Å². The molecule has 0 radical (unpaired) electrons. The first-order valence-electron chi connectivity index (χ1n) is 10.8. The number of halogens is 2. The van der Waals surface area contributed by atoms with E-state index in [1.807, 2.05) is 36.2 Å². The minimum absolute atomic E-state index is 0.192. The molecule has 1 atom stereocenters. The van der Waals surface area contributed by atoms with Crippen molar-refractivity contribution in [3.05, 3.63) is 88.2 Å². The van der Waals surface area contributed by atoms with Gasteiger partial charge < -0.3 is 14.8 Å². The average Bonchev–Trinajstić information content (AvgIpc) is 3.38. The average molecular weight is 480 g/mol. The zero-order chi connectivity index (χ0) is 23.7. The van der Waals surface area contributed by atoms with E-state index in [4.69, 9.17) is 26.8 Å². The molecule has 0 fully saturated rings. The number of amidine groups is 1. The summed E-state index contributed by atoms with van der Waals surface area (Å²) in [5.74, 6) is 0.160. The first-order valence-corrected chi connectivity index (χ1v) is 11.1. The quantitative estimate of drug-likeness (QED) is 0.563. The molecule has 7 nitrogen and oxygen atoms in total. The second-order valence-corrected chi connectivity index (χ2v) is 8.44. The zero-order valence-corrected chi connectivity index (χ0v) is 19.2. The summed E-state index contributed by atoms with van der Waals surface area (Å²) in [6.45, 7) is 1.41. The number of hydrogen-bond acceptors (Lipinski definition) is 7. The Balaban J connectivity index is 1.43. The van der Waals surface area contributed by atoms with Crippen LogP contribution in [0.25, 0.3) is 0 Å². The van der Waals surface area contributed by atoms with Gasteiger partial charge in [0.25, 0.3) is 6.02 Å². The molecule has 0 aliphatic carbocycles. The number of fused-ring (bicyclic) bond motifs is 1. The highest BCUT2D eigenvalue weighted by atomic mass is 35.5. The van der Waals surface area contributed by atoms with Crippen molar-refractivity contribution in [1.82, 2.24) is 0 Å². The third-order valence-electron chi connectivity index (χ3n) is 5.80. The highest BCUT2D eigenvalue weighted by molar-refractivity contribution is 6.32. The third kappa shape index (κ3) is 4.18. The molecular weight excluding hydrogens is 457 g/mol. The van der Waals surface area contributed by atoms with Crippen LogP contribution in [0.1, 0.15) is 16.7 Å². The molecule has 0 spiro atoms. The number of anilines is 2. The van der Waals surface area contributed by atoms with Gasteiger partial charge in [0.15, 0.2) is 5.66 Å². The Morgan fingerprint density at radius 2 is 2.09 bits per heavy atom. The lowest BCUT2D eigenvalue weighted by Crippen LogP contribution is -2.39. The summed E-state index contributed by atoms with van der Waals surface area (Å²) in [6.07, 6.45) is 1.58. The minimum Gasteiger partial charge on any atom is -0.487 e. The van der Waals surface area contributed by atoms with Crippen molar-refractivity contribution in [2.45, 2.75) is 12.3 Å². The van der Waals surface area contributed by atoms with Gasteiger partial charge >= 0.3 is 0 Å². The van der Waals surface area contributed by atoms with Crippen molar-refractivity contribution in [2.75, 3.05) is 30.4 Å². The van der Waals surface area contributed by atoms with Gasteiger partial charge in [0, 0.05) is 29.5 Å². The molecule has 0 aromatic heterocycles. The van der Waals surface area contributed by atoms with E-state index in [1.165, 1.54) is 12.1 Å². The maximum atomic E-state index is 13.4. The predicted molar refractivity (Wildman–Crippen MR) is 132 cm³/mol. The van der Waals surface area contributed by atoms with Gasteiger partial charge in [-0.1, -0.05) is 29.8 Å². The van der Waals surface area contributed by atoms with Crippen LogP contribution in [-0.2, 0) is 17.0 Å². The number of aliphatic imine (C=N–C) groups is 2. The summed E-state index contributed by atoms with van der Waals surface area (Å²) in [5.41, 5.74) is 9.59. The monoisotopic (exact) mass is 479 g/mol. The molecule has 174 valence electrons. The lowest BCUT2D eigenvalue weighted by Gasteiger charge is -2.33. The number of hydrogen-bond donors (Lipinski definition) is 2. The van der Waals surface area contributed by atoms with E-state index in [2.05, 4.69) is 15.3 Å². The van der Waals surface area contributed by atoms with Crippen LogP contribution in [0, 0.1) is 5.82 Å². The van der Waals surface area contributed by atoms with E-state index in [0.717, 1.165) is 16.9 Å². The molecule has 2 aliphatic rings. The van der Waals surface area contributed by atoms with E-state index >= 15 is 0 Å². The first-order chi connectivity index (χ1) is 16.4. The van der Waals surface area contributed by atoms with Gasteiger partial charge in [-0.2, -0.15) is 0 Å². The van der Waals surface area contributed by atoms with Crippen LogP contribution in [0.3, 0.4) is 0 Å². The fourth-order valence-electron chi connectivity index (χ4n) is 3.97. The predicted octanol–water partition coefficient (Wildman–Crippen LogP) is 4.49. The zero-order valence-electron chi connectivity index (χ0n) is 18.5. The molecule has 0 amide bonds. The SMILES string of the molecule is CN(C1=NCCO1)c1ccc2c(c1)C(N)(c1ccc(OCc3cccc(F)c3)c(Cl)c1)N=CN2. The Morgan fingerprint density at radius 1 is 1.21 bits per heavy atom. The Labute approximate surface area is 201 Å². The van der Waals surface area contributed by atoms with Crippen LogP contribution >= 0.6 is 11.6 Å². The Bertz CT molecular complexity index is 1300. The molecule has 5 rings (SSSR count). The van der Waals surface area contributed by atoms with Gasteiger partial charge in [-0.15, -0.1) is 0 Å².